The highest BCUT2D eigenvalue weighted by atomic mass is 32.2. The zero-order valence-electron chi connectivity index (χ0n) is 10.8. The molecule has 1 N–H and O–H groups in total. The van der Waals surface area contributed by atoms with E-state index in [4.69, 9.17) is 4.74 Å². The van der Waals surface area contributed by atoms with Crippen LogP contribution in [-0.2, 0) is 14.9 Å². The quantitative estimate of drug-likeness (QED) is 0.776. The van der Waals surface area contributed by atoms with Crippen LogP contribution < -0.4 is 0 Å². The number of nitrogens with zero attached hydrogens (tertiary/aromatic N) is 2. The summed E-state index contributed by atoms with van der Waals surface area (Å²) in [7, 11) is -3.45. The second-order valence-electron chi connectivity index (χ2n) is 4.99. The van der Waals surface area contributed by atoms with Gasteiger partial charge in [-0.25, -0.2) is 0 Å². The zero-order valence-corrected chi connectivity index (χ0v) is 11.6. The third kappa shape index (κ3) is 2.85. The van der Waals surface area contributed by atoms with Crippen molar-refractivity contribution in [2.75, 3.05) is 32.8 Å². The van der Waals surface area contributed by atoms with Gasteiger partial charge in [-0.15, -0.1) is 0 Å². The molecule has 0 aliphatic carbocycles. The minimum Gasteiger partial charge on any atom is -0.395 e. The Balaban J connectivity index is 2.13. The number of aliphatic hydroxyl groups excluding tert-OH is 1. The number of rotatable bonds is 3. The molecule has 2 saturated heterocycles. The van der Waals surface area contributed by atoms with Crippen molar-refractivity contribution in [1.82, 2.24) is 8.61 Å². The van der Waals surface area contributed by atoms with E-state index in [1.807, 2.05) is 6.92 Å². The molecule has 0 spiro atoms. The molecule has 0 aromatic heterocycles. The molecule has 0 bridgehead atoms. The van der Waals surface area contributed by atoms with Crippen LogP contribution in [0, 0.1) is 0 Å². The molecule has 106 valence electrons. The Labute approximate surface area is 109 Å². The van der Waals surface area contributed by atoms with Crippen LogP contribution in [0.4, 0.5) is 0 Å². The predicted molar refractivity (Wildman–Crippen MR) is 67.3 cm³/mol. The number of piperidine rings is 1. The molecule has 6 nitrogen and oxygen atoms in total. The third-order valence-corrected chi connectivity index (χ3v) is 5.67. The maximum atomic E-state index is 12.5. The van der Waals surface area contributed by atoms with Crippen molar-refractivity contribution in [1.29, 1.82) is 0 Å². The average Bonchev–Trinajstić information content (AvgIpc) is 2.38. The molecule has 0 amide bonds. The first-order chi connectivity index (χ1) is 8.55. The molecule has 2 aliphatic rings. The lowest BCUT2D eigenvalue weighted by atomic mass is 10.1. The van der Waals surface area contributed by atoms with Crippen molar-refractivity contribution >= 4 is 10.2 Å². The monoisotopic (exact) mass is 278 g/mol. The molecule has 18 heavy (non-hydrogen) atoms. The topological polar surface area (TPSA) is 70.1 Å². The van der Waals surface area contributed by atoms with Crippen molar-refractivity contribution in [3.05, 3.63) is 0 Å². The summed E-state index contributed by atoms with van der Waals surface area (Å²) in [4.78, 5) is 0. The Morgan fingerprint density at radius 3 is 2.78 bits per heavy atom. The van der Waals surface area contributed by atoms with E-state index in [1.165, 1.54) is 8.61 Å². The molecule has 2 atom stereocenters. The van der Waals surface area contributed by atoms with Gasteiger partial charge in [0.25, 0.3) is 10.2 Å². The standard InChI is InChI=1S/C11H22N2O4S/c1-10-8-12(6-7-17-10)18(15,16)13-5-3-2-4-11(13)9-14/h10-11,14H,2-9H2,1H3. The summed E-state index contributed by atoms with van der Waals surface area (Å²) in [5.74, 6) is 0. The van der Waals surface area contributed by atoms with Crippen LogP contribution in [0.5, 0.6) is 0 Å². The molecule has 7 heteroatoms. The van der Waals surface area contributed by atoms with E-state index in [-0.39, 0.29) is 18.8 Å². The van der Waals surface area contributed by atoms with Crippen LogP contribution in [0.2, 0.25) is 0 Å². The number of ether oxygens (including phenoxy) is 1. The van der Waals surface area contributed by atoms with E-state index in [2.05, 4.69) is 0 Å². The lowest BCUT2D eigenvalue weighted by molar-refractivity contribution is 0.00678. The average molecular weight is 278 g/mol. The largest absolute Gasteiger partial charge is 0.395 e. The van der Waals surface area contributed by atoms with Gasteiger partial charge in [0, 0.05) is 25.7 Å². The molecule has 0 radical (unpaired) electrons. The first kappa shape index (κ1) is 14.2. The fourth-order valence-electron chi connectivity index (χ4n) is 2.60. The van der Waals surface area contributed by atoms with Crippen molar-refractivity contribution in [2.24, 2.45) is 0 Å². The van der Waals surface area contributed by atoms with Gasteiger partial charge in [0.1, 0.15) is 0 Å². The fourth-order valence-corrected chi connectivity index (χ4v) is 4.51. The third-order valence-electron chi connectivity index (χ3n) is 3.61. The molecule has 0 saturated carbocycles. The normalized spacial score (nSPS) is 32.6. The summed E-state index contributed by atoms with van der Waals surface area (Å²) in [6.45, 7) is 3.54. The lowest BCUT2D eigenvalue weighted by Gasteiger charge is -2.39. The van der Waals surface area contributed by atoms with Gasteiger partial charge in [-0.1, -0.05) is 6.42 Å². The summed E-state index contributed by atoms with van der Waals surface area (Å²) in [6, 6.07) is -0.262. The minimum absolute atomic E-state index is 0.0640. The Kier molecular flexibility index (Phi) is 4.60. The number of hydrogen-bond acceptors (Lipinski definition) is 4. The summed E-state index contributed by atoms with van der Waals surface area (Å²) in [5, 5.41) is 9.33. The van der Waals surface area contributed by atoms with Crippen molar-refractivity contribution in [3.8, 4) is 0 Å². The van der Waals surface area contributed by atoms with E-state index in [9.17, 15) is 13.5 Å². The highest BCUT2D eigenvalue weighted by molar-refractivity contribution is 7.86. The van der Waals surface area contributed by atoms with Gasteiger partial charge in [-0.3, -0.25) is 0 Å². The minimum atomic E-state index is -3.45. The molecule has 2 rings (SSSR count). The maximum Gasteiger partial charge on any atom is 0.282 e. The van der Waals surface area contributed by atoms with Crippen LogP contribution in [-0.4, -0.2) is 67.1 Å². The van der Waals surface area contributed by atoms with Crippen LogP contribution in [0.15, 0.2) is 0 Å². The Bertz CT molecular complexity index is 373. The summed E-state index contributed by atoms with van der Waals surface area (Å²) in [5.41, 5.74) is 0. The fraction of sp³-hybridized carbons (Fsp3) is 1.00. The first-order valence-corrected chi connectivity index (χ1v) is 7.95. The van der Waals surface area contributed by atoms with Gasteiger partial charge in [-0.05, 0) is 19.8 Å². The molecular weight excluding hydrogens is 256 g/mol. The molecule has 2 fully saturated rings. The van der Waals surface area contributed by atoms with Gasteiger partial charge in [0.2, 0.25) is 0 Å². The van der Waals surface area contributed by atoms with Gasteiger partial charge in [0.15, 0.2) is 0 Å². The van der Waals surface area contributed by atoms with Gasteiger partial charge in [0.05, 0.1) is 19.3 Å². The summed E-state index contributed by atoms with van der Waals surface area (Å²) in [6.07, 6.45) is 2.54. The predicted octanol–water partition coefficient (Wildman–Crippen LogP) is -0.201. The van der Waals surface area contributed by atoms with Crippen molar-refractivity contribution in [2.45, 2.75) is 38.3 Å². The maximum absolute atomic E-state index is 12.5. The van der Waals surface area contributed by atoms with Crippen LogP contribution >= 0.6 is 0 Å². The Hall–Kier alpha value is -0.210. The summed E-state index contributed by atoms with van der Waals surface area (Å²) < 4.78 is 33.4. The first-order valence-electron chi connectivity index (χ1n) is 6.55. The second-order valence-corrected chi connectivity index (χ2v) is 6.87. The molecule has 0 aromatic carbocycles. The van der Waals surface area contributed by atoms with Crippen molar-refractivity contribution in [3.63, 3.8) is 0 Å². The molecule has 2 aliphatic heterocycles. The smallest absolute Gasteiger partial charge is 0.282 e. The highest BCUT2D eigenvalue weighted by Crippen LogP contribution is 2.23. The van der Waals surface area contributed by atoms with Crippen molar-refractivity contribution < 1.29 is 18.3 Å². The Morgan fingerprint density at radius 2 is 2.11 bits per heavy atom. The van der Waals surface area contributed by atoms with Gasteiger partial charge >= 0.3 is 0 Å². The SMILES string of the molecule is CC1CN(S(=O)(=O)N2CCCCC2CO)CCO1. The van der Waals surface area contributed by atoms with E-state index in [1.54, 1.807) is 0 Å². The molecule has 2 heterocycles. The van der Waals surface area contributed by atoms with Crippen LogP contribution in [0.3, 0.4) is 0 Å². The van der Waals surface area contributed by atoms with E-state index < -0.39 is 10.2 Å². The second kappa shape index (κ2) is 5.83. The number of hydrogen-bond donors (Lipinski definition) is 1. The molecule has 0 aromatic rings. The summed E-state index contributed by atoms with van der Waals surface area (Å²) >= 11 is 0. The van der Waals surface area contributed by atoms with E-state index in [0.29, 0.717) is 26.2 Å². The van der Waals surface area contributed by atoms with Gasteiger partial charge < -0.3 is 9.84 Å². The lowest BCUT2D eigenvalue weighted by Crippen LogP contribution is -2.55. The number of aliphatic hydroxyl groups is 1. The zero-order chi connectivity index (χ0) is 13.2. The molecule has 2 unspecified atom stereocenters. The van der Waals surface area contributed by atoms with Crippen LogP contribution in [0.1, 0.15) is 26.2 Å². The Morgan fingerprint density at radius 1 is 1.33 bits per heavy atom. The van der Waals surface area contributed by atoms with Gasteiger partial charge in [-0.2, -0.15) is 17.0 Å². The molecular formula is C11H22N2O4S. The van der Waals surface area contributed by atoms with E-state index in [0.717, 1.165) is 19.3 Å². The highest BCUT2D eigenvalue weighted by Gasteiger charge is 2.37. The van der Waals surface area contributed by atoms with E-state index >= 15 is 0 Å². The number of morpholine rings is 1. The van der Waals surface area contributed by atoms with Crippen LogP contribution in [0.25, 0.3) is 0 Å².